The van der Waals surface area contributed by atoms with E-state index in [-0.39, 0.29) is 12.5 Å². The Hall–Kier alpha value is -1.69. The van der Waals surface area contributed by atoms with Gasteiger partial charge in [0, 0.05) is 6.54 Å². The summed E-state index contributed by atoms with van der Waals surface area (Å²) in [7, 11) is 0. The number of nitrogens with one attached hydrogen (secondary N) is 1. The van der Waals surface area contributed by atoms with Crippen molar-refractivity contribution in [3.05, 3.63) is 58.3 Å². The van der Waals surface area contributed by atoms with Crippen molar-refractivity contribution >= 4 is 17.2 Å². The van der Waals surface area contributed by atoms with Gasteiger partial charge in [-0.3, -0.25) is 4.79 Å². The molecule has 2 rings (SSSR count). The van der Waals surface area contributed by atoms with Crippen LogP contribution in [0.25, 0.3) is 0 Å². The summed E-state index contributed by atoms with van der Waals surface area (Å²) < 4.78 is 0. The first kappa shape index (κ1) is 14.7. The van der Waals surface area contributed by atoms with Gasteiger partial charge in [0.05, 0.1) is 12.1 Å². The van der Waals surface area contributed by atoms with Crippen LogP contribution in [0.15, 0.2) is 47.2 Å². The zero-order valence-corrected chi connectivity index (χ0v) is 11.8. The summed E-state index contributed by atoms with van der Waals surface area (Å²) in [5, 5.41) is 16.3. The lowest BCUT2D eigenvalue weighted by atomic mass is 10.1. The first-order valence-corrected chi connectivity index (χ1v) is 7.38. The molecule has 1 unspecified atom stereocenters. The van der Waals surface area contributed by atoms with E-state index in [4.69, 9.17) is 5.73 Å². The summed E-state index contributed by atoms with van der Waals surface area (Å²) in [5.74, 6) is -0.247. The molecule has 0 aliphatic heterocycles. The molecule has 4 nitrogen and oxygen atoms in total. The predicted octanol–water partition coefficient (Wildman–Crippen LogP) is 1.47. The number of hydrogen-bond donors (Lipinski definition) is 3. The Balaban J connectivity index is 1.79. The van der Waals surface area contributed by atoms with Crippen molar-refractivity contribution in [3.63, 3.8) is 0 Å². The van der Waals surface area contributed by atoms with Crippen molar-refractivity contribution in [2.75, 3.05) is 6.54 Å². The largest absolute Gasteiger partial charge is 0.387 e. The second-order valence-corrected chi connectivity index (χ2v) is 5.39. The van der Waals surface area contributed by atoms with Gasteiger partial charge in [-0.2, -0.15) is 11.3 Å². The summed E-state index contributed by atoms with van der Waals surface area (Å²) >= 11 is 1.51. The molecule has 1 amide bonds. The fourth-order valence-corrected chi connectivity index (χ4v) is 2.58. The van der Waals surface area contributed by atoms with E-state index in [0.29, 0.717) is 6.42 Å². The van der Waals surface area contributed by atoms with Crippen LogP contribution in [-0.2, 0) is 11.2 Å². The third-order valence-corrected chi connectivity index (χ3v) is 3.73. The van der Waals surface area contributed by atoms with Crippen molar-refractivity contribution in [2.24, 2.45) is 5.73 Å². The molecule has 5 heteroatoms. The molecule has 0 bridgehead atoms. The Morgan fingerprint density at radius 2 is 2.05 bits per heavy atom. The smallest absolute Gasteiger partial charge is 0.237 e. The quantitative estimate of drug-likeness (QED) is 0.754. The third-order valence-electron chi connectivity index (χ3n) is 3.03. The lowest BCUT2D eigenvalue weighted by molar-refractivity contribution is -0.122. The minimum atomic E-state index is -0.686. The highest BCUT2D eigenvalue weighted by Crippen LogP contribution is 2.15. The molecule has 2 aromatic rings. The fraction of sp³-hybridized carbons (Fsp3) is 0.267. The van der Waals surface area contributed by atoms with Crippen molar-refractivity contribution in [1.82, 2.24) is 5.32 Å². The Morgan fingerprint density at radius 3 is 2.70 bits per heavy atom. The number of hydrogen-bond acceptors (Lipinski definition) is 4. The van der Waals surface area contributed by atoms with Gasteiger partial charge in [-0.1, -0.05) is 30.3 Å². The fourth-order valence-electron chi connectivity index (χ4n) is 1.87. The number of nitrogens with two attached hydrogens (primary N) is 1. The number of rotatable bonds is 6. The van der Waals surface area contributed by atoms with Crippen LogP contribution >= 0.6 is 11.3 Å². The summed E-state index contributed by atoms with van der Waals surface area (Å²) in [5.41, 5.74) is 7.70. The summed E-state index contributed by atoms with van der Waals surface area (Å²) in [4.78, 5) is 11.9. The van der Waals surface area contributed by atoms with E-state index in [1.165, 1.54) is 11.3 Å². The molecule has 0 radical (unpaired) electrons. The van der Waals surface area contributed by atoms with Crippen LogP contribution in [0.4, 0.5) is 0 Å². The van der Waals surface area contributed by atoms with E-state index in [1.54, 1.807) is 0 Å². The summed E-state index contributed by atoms with van der Waals surface area (Å²) in [6.45, 7) is 0.179. The summed E-state index contributed by atoms with van der Waals surface area (Å²) in [6, 6.07) is 10.9. The van der Waals surface area contributed by atoms with Crippen LogP contribution in [0.1, 0.15) is 17.2 Å². The number of thiophene rings is 1. The lowest BCUT2D eigenvalue weighted by Gasteiger charge is -2.14. The SMILES string of the molecule is N[C@@H](Cc1ccccc1)C(=O)NCC(O)c1ccsc1. The number of carbonyl (C=O) groups is 1. The molecule has 2 atom stereocenters. The molecule has 0 aliphatic carbocycles. The minimum Gasteiger partial charge on any atom is -0.387 e. The van der Waals surface area contributed by atoms with Crippen LogP contribution in [-0.4, -0.2) is 23.6 Å². The molecule has 1 aromatic carbocycles. The Morgan fingerprint density at radius 1 is 1.30 bits per heavy atom. The number of aliphatic hydroxyl groups is 1. The van der Waals surface area contributed by atoms with Gasteiger partial charge < -0.3 is 16.2 Å². The average Bonchev–Trinajstić information content (AvgIpc) is 2.99. The molecule has 0 aliphatic rings. The van der Waals surface area contributed by atoms with Crippen molar-refractivity contribution in [3.8, 4) is 0 Å². The van der Waals surface area contributed by atoms with Crippen LogP contribution in [0.3, 0.4) is 0 Å². The Kier molecular flexibility index (Phi) is 5.29. The normalized spacial score (nSPS) is 13.7. The van der Waals surface area contributed by atoms with E-state index in [0.717, 1.165) is 11.1 Å². The van der Waals surface area contributed by atoms with E-state index in [2.05, 4.69) is 5.32 Å². The van der Waals surface area contributed by atoms with E-state index < -0.39 is 12.1 Å². The third kappa shape index (κ3) is 4.16. The van der Waals surface area contributed by atoms with Gasteiger partial charge in [0.2, 0.25) is 5.91 Å². The zero-order chi connectivity index (χ0) is 14.4. The Labute approximate surface area is 122 Å². The lowest BCUT2D eigenvalue weighted by Crippen LogP contribution is -2.43. The second kappa shape index (κ2) is 7.19. The maximum atomic E-state index is 11.9. The van der Waals surface area contributed by atoms with E-state index in [9.17, 15) is 9.90 Å². The first-order chi connectivity index (χ1) is 9.66. The molecule has 1 aromatic heterocycles. The molecular formula is C15H18N2O2S. The predicted molar refractivity (Wildman–Crippen MR) is 80.4 cm³/mol. The van der Waals surface area contributed by atoms with Crippen LogP contribution in [0.2, 0.25) is 0 Å². The van der Waals surface area contributed by atoms with Crippen molar-refractivity contribution in [1.29, 1.82) is 0 Å². The van der Waals surface area contributed by atoms with Crippen molar-refractivity contribution < 1.29 is 9.90 Å². The monoisotopic (exact) mass is 290 g/mol. The highest BCUT2D eigenvalue weighted by atomic mass is 32.1. The molecular weight excluding hydrogens is 272 g/mol. The summed E-state index contributed by atoms with van der Waals surface area (Å²) in [6.07, 6.45) is -0.199. The van der Waals surface area contributed by atoms with Gasteiger partial charge in [0.15, 0.2) is 0 Å². The maximum absolute atomic E-state index is 11.9. The van der Waals surface area contributed by atoms with Gasteiger partial charge in [0.1, 0.15) is 0 Å². The zero-order valence-electron chi connectivity index (χ0n) is 11.0. The minimum absolute atomic E-state index is 0.179. The average molecular weight is 290 g/mol. The molecule has 20 heavy (non-hydrogen) atoms. The standard InChI is InChI=1S/C15H18N2O2S/c16-13(8-11-4-2-1-3-5-11)15(19)17-9-14(18)12-6-7-20-10-12/h1-7,10,13-14,18H,8-9,16H2,(H,17,19)/t13-,14?/m0/s1. The van der Waals surface area contributed by atoms with Gasteiger partial charge in [0.25, 0.3) is 0 Å². The molecule has 4 N–H and O–H groups in total. The number of benzene rings is 1. The highest BCUT2D eigenvalue weighted by molar-refractivity contribution is 7.07. The molecule has 1 heterocycles. The van der Waals surface area contributed by atoms with E-state index in [1.807, 2.05) is 47.2 Å². The van der Waals surface area contributed by atoms with Gasteiger partial charge in [-0.05, 0) is 34.4 Å². The second-order valence-electron chi connectivity index (χ2n) is 4.61. The van der Waals surface area contributed by atoms with Gasteiger partial charge in [-0.15, -0.1) is 0 Å². The maximum Gasteiger partial charge on any atom is 0.237 e. The Bertz CT molecular complexity index is 528. The topological polar surface area (TPSA) is 75.4 Å². The highest BCUT2D eigenvalue weighted by Gasteiger charge is 2.16. The molecule has 0 fully saturated rings. The van der Waals surface area contributed by atoms with Crippen LogP contribution in [0.5, 0.6) is 0 Å². The molecule has 106 valence electrons. The number of carbonyl (C=O) groups excluding carboxylic acids is 1. The van der Waals surface area contributed by atoms with Gasteiger partial charge in [-0.25, -0.2) is 0 Å². The van der Waals surface area contributed by atoms with Crippen LogP contribution in [0, 0.1) is 0 Å². The number of amides is 1. The van der Waals surface area contributed by atoms with Crippen molar-refractivity contribution in [2.45, 2.75) is 18.6 Å². The van der Waals surface area contributed by atoms with Crippen LogP contribution < -0.4 is 11.1 Å². The number of aliphatic hydroxyl groups excluding tert-OH is 1. The molecule has 0 saturated heterocycles. The first-order valence-electron chi connectivity index (χ1n) is 6.44. The molecule has 0 saturated carbocycles. The molecule has 0 spiro atoms. The van der Waals surface area contributed by atoms with E-state index >= 15 is 0 Å². The van der Waals surface area contributed by atoms with Gasteiger partial charge >= 0.3 is 0 Å².